The van der Waals surface area contributed by atoms with Crippen molar-refractivity contribution >= 4 is 34.9 Å². The second-order valence-electron chi connectivity index (χ2n) is 8.71. The number of rotatable bonds is 7. The van der Waals surface area contributed by atoms with E-state index in [-0.39, 0.29) is 11.8 Å². The van der Waals surface area contributed by atoms with Crippen LogP contribution in [-0.2, 0) is 4.74 Å². The van der Waals surface area contributed by atoms with E-state index in [9.17, 15) is 10.1 Å². The SMILES string of the molecule is CC(C)c1c(C#N)cccc1C(=O)Nc1ccc(C=N)c(Nc2cccc(N3CCOCC3)c2)c1. The van der Waals surface area contributed by atoms with Crippen molar-refractivity contribution in [2.45, 2.75) is 19.8 Å². The van der Waals surface area contributed by atoms with Gasteiger partial charge >= 0.3 is 0 Å². The van der Waals surface area contributed by atoms with Crippen LogP contribution >= 0.6 is 0 Å². The van der Waals surface area contributed by atoms with Gasteiger partial charge in [0.15, 0.2) is 0 Å². The molecular formula is C28H29N5O2. The van der Waals surface area contributed by atoms with Crippen molar-refractivity contribution in [2.24, 2.45) is 0 Å². The Hall–Kier alpha value is -4.15. The van der Waals surface area contributed by atoms with E-state index in [1.54, 1.807) is 30.3 Å². The summed E-state index contributed by atoms with van der Waals surface area (Å²) in [6.45, 7) is 7.07. The van der Waals surface area contributed by atoms with Gasteiger partial charge in [-0.2, -0.15) is 5.26 Å². The lowest BCUT2D eigenvalue weighted by Crippen LogP contribution is -2.36. The van der Waals surface area contributed by atoms with Crippen molar-refractivity contribution in [3.8, 4) is 6.07 Å². The number of morpholine rings is 1. The predicted molar refractivity (Wildman–Crippen MR) is 140 cm³/mol. The molecule has 35 heavy (non-hydrogen) atoms. The summed E-state index contributed by atoms with van der Waals surface area (Å²) in [6, 6.07) is 20.9. The van der Waals surface area contributed by atoms with Crippen LogP contribution in [0.15, 0.2) is 60.7 Å². The van der Waals surface area contributed by atoms with Gasteiger partial charge in [0.1, 0.15) is 0 Å². The van der Waals surface area contributed by atoms with Crippen LogP contribution in [0.25, 0.3) is 0 Å². The number of ether oxygens (including phenoxy) is 1. The molecule has 0 atom stereocenters. The molecule has 4 rings (SSSR count). The lowest BCUT2D eigenvalue weighted by Gasteiger charge is -2.29. The Balaban J connectivity index is 1.58. The summed E-state index contributed by atoms with van der Waals surface area (Å²) in [5.41, 5.74) is 5.76. The molecule has 1 aliphatic heterocycles. The third-order valence-electron chi connectivity index (χ3n) is 6.02. The van der Waals surface area contributed by atoms with Crippen molar-refractivity contribution in [2.75, 3.05) is 41.8 Å². The molecule has 0 spiro atoms. The van der Waals surface area contributed by atoms with Crippen molar-refractivity contribution in [3.63, 3.8) is 0 Å². The maximum atomic E-state index is 13.1. The van der Waals surface area contributed by atoms with Crippen LogP contribution < -0.4 is 15.5 Å². The van der Waals surface area contributed by atoms with Gasteiger partial charge in [-0.25, -0.2) is 0 Å². The summed E-state index contributed by atoms with van der Waals surface area (Å²) >= 11 is 0. The summed E-state index contributed by atoms with van der Waals surface area (Å²) < 4.78 is 5.45. The Labute approximate surface area is 205 Å². The van der Waals surface area contributed by atoms with E-state index in [2.05, 4.69) is 33.7 Å². The maximum Gasteiger partial charge on any atom is 0.255 e. The Morgan fingerprint density at radius 3 is 2.57 bits per heavy atom. The van der Waals surface area contributed by atoms with Crippen LogP contribution in [0, 0.1) is 16.7 Å². The van der Waals surface area contributed by atoms with Gasteiger partial charge < -0.3 is 25.7 Å². The van der Waals surface area contributed by atoms with Gasteiger partial charge in [0.25, 0.3) is 5.91 Å². The lowest BCUT2D eigenvalue weighted by molar-refractivity contribution is 0.102. The largest absolute Gasteiger partial charge is 0.378 e. The fraction of sp³-hybridized carbons (Fsp3) is 0.250. The lowest BCUT2D eigenvalue weighted by atomic mass is 9.92. The molecule has 3 aromatic rings. The van der Waals surface area contributed by atoms with Gasteiger partial charge in [0, 0.05) is 53.2 Å². The second kappa shape index (κ2) is 10.9. The quantitative estimate of drug-likeness (QED) is 0.398. The smallest absolute Gasteiger partial charge is 0.255 e. The molecule has 7 nitrogen and oxygen atoms in total. The standard InChI is InChI=1S/C28H29N5O2/c1-19(2)27-21(18-30)5-3-8-25(27)28(34)32-23-10-9-20(17-29)26(16-23)31-22-6-4-7-24(15-22)33-11-13-35-14-12-33/h3-10,15-17,19,29,31H,11-14H2,1-2H3,(H,32,34). The van der Waals surface area contributed by atoms with E-state index in [1.807, 2.05) is 32.0 Å². The average Bonchev–Trinajstić information content (AvgIpc) is 2.89. The molecule has 0 radical (unpaired) electrons. The maximum absolute atomic E-state index is 13.1. The minimum Gasteiger partial charge on any atom is -0.378 e. The molecule has 0 unspecified atom stereocenters. The molecule has 1 aliphatic rings. The summed E-state index contributed by atoms with van der Waals surface area (Å²) in [7, 11) is 0. The molecule has 3 N–H and O–H groups in total. The number of hydrogen-bond donors (Lipinski definition) is 3. The fourth-order valence-electron chi connectivity index (χ4n) is 4.31. The van der Waals surface area contributed by atoms with Crippen LogP contribution in [0.4, 0.5) is 22.7 Å². The monoisotopic (exact) mass is 467 g/mol. The zero-order valence-corrected chi connectivity index (χ0v) is 20.0. The van der Waals surface area contributed by atoms with Crippen molar-refractivity contribution in [1.29, 1.82) is 10.7 Å². The van der Waals surface area contributed by atoms with Gasteiger partial charge in [0.05, 0.1) is 24.8 Å². The van der Waals surface area contributed by atoms with Gasteiger partial charge in [-0.05, 0) is 60.0 Å². The van der Waals surface area contributed by atoms with Crippen molar-refractivity contribution in [1.82, 2.24) is 0 Å². The molecule has 1 saturated heterocycles. The Morgan fingerprint density at radius 1 is 1.09 bits per heavy atom. The van der Waals surface area contributed by atoms with Crippen LogP contribution in [0.2, 0.25) is 0 Å². The zero-order valence-electron chi connectivity index (χ0n) is 20.0. The van der Waals surface area contributed by atoms with Gasteiger partial charge in [0.2, 0.25) is 0 Å². The molecule has 0 bridgehead atoms. The van der Waals surface area contributed by atoms with Gasteiger partial charge in [-0.3, -0.25) is 4.79 Å². The van der Waals surface area contributed by atoms with E-state index in [0.717, 1.165) is 30.0 Å². The molecule has 0 aromatic heterocycles. The highest BCUT2D eigenvalue weighted by molar-refractivity contribution is 6.06. The first-order valence-electron chi connectivity index (χ1n) is 11.7. The number of amides is 1. The predicted octanol–water partition coefficient (Wildman–Crippen LogP) is 5.51. The molecule has 0 saturated carbocycles. The third-order valence-corrected chi connectivity index (χ3v) is 6.02. The Morgan fingerprint density at radius 2 is 1.86 bits per heavy atom. The van der Waals surface area contributed by atoms with Crippen molar-refractivity contribution < 1.29 is 9.53 Å². The van der Waals surface area contributed by atoms with E-state index in [4.69, 9.17) is 10.1 Å². The third kappa shape index (κ3) is 5.51. The number of nitrogens with one attached hydrogen (secondary N) is 3. The number of nitrogens with zero attached hydrogens (tertiary/aromatic N) is 2. The summed E-state index contributed by atoms with van der Waals surface area (Å²) in [4.78, 5) is 15.4. The number of hydrogen-bond acceptors (Lipinski definition) is 6. The minimum atomic E-state index is -0.270. The highest BCUT2D eigenvalue weighted by Gasteiger charge is 2.18. The molecular weight excluding hydrogens is 438 g/mol. The molecule has 0 aliphatic carbocycles. The topological polar surface area (TPSA) is 101 Å². The van der Waals surface area contributed by atoms with Crippen LogP contribution in [0.5, 0.6) is 0 Å². The number of anilines is 4. The van der Waals surface area contributed by atoms with E-state index >= 15 is 0 Å². The van der Waals surface area contributed by atoms with E-state index < -0.39 is 0 Å². The Kier molecular flexibility index (Phi) is 7.44. The fourth-order valence-corrected chi connectivity index (χ4v) is 4.31. The molecule has 1 fully saturated rings. The zero-order chi connectivity index (χ0) is 24.8. The first-order chi connectivity index (χ1) is 17.0. The molecule has 7 heteroatoms. The van der Waals surface area contributed by atoms with Crippen molar-refractivity contribution in [3.05, 3.63) is 82.9 Å². The highest BCUT2D eigenvalue weighted by atomic mass is 16.5. The van der Waals surface area contributed by atoms with E-state index in [0.29, 0.717) is 41.3 Å². The first-order valence-corrected chi connectivity index (χ1v) is 11.7. The molecule has 1 heterocycles. The minimum absolute atomic E-state index is 0.0304. The molecule has 3 aromatic carbocycles. The van der Waals surface area contributed by atoms with E-state index in [1.165, 1.54) is 6.21 Å². The molecule has 1 amide bonds. The average molecular weight is 468 g/mol. The number of carbonyl (C=O) groups excluding carboxylic acids is 1. The van der Waals surface area contributed by atoms with Crippen LogP contribution in [-0.4, -0.2) is 38.4 Å². The summed E-state index contributed by atoms with van der Waals surface area (Å²) in [5.74, 6) is -0.239. The normalized spacial score (nSPS) is 13.3. The number of carbonyl (C=O) groups is 1. The second-order valence-corrected chi connectivity index (χ2v) is 8.71. The van der Waals surface area contributed by atoms with Crippen LogP contribution in [0.3, 0.4) is 0 Å². The molecule has 178 valence electrons. The van der Waals surface area contributed by atoms with Gasteiger partial charge in [-0.1, -0.05) is 26.0 Å². The van der Waals surface area contributed by atoms with Crippen LogP contribution in [0.1, 0.15) is 46.8 Å². The highest BCUT2D eigenvalue weighted by Crippen LogP contribution is 2.28. The summed E-state index contributed by atoms with van der Waals surface area (Å²) in [6.07, 6.45) is 1.28. The summed E-state index contributed by atoms with van der Waals surface area (Å²) in [5, 5.41) is 23.7. The van der Waals surface area contributed by atoms with Gasteiger partial charge in [-0.15, -0.1) is 0 Å². The Bertz CT molecular complexity index is 1270. The first kappa shape index (κ1) is 24.0. The number of benzene rings is 3. The number of nitriles is 1.